The van der Waals surface area contributed by atoms with Crippen LogP contribution in [0.3, 0.4) is 0 Å². The maximum absolute atomic E-state index is 12.5. The third kappa shape index (κ3) is 4.11. The van der Waals surface area contributed by atoms with Crippen molar-refractivity contribution in [2.24, 2.45) is 0 Å². The number of hydrogen-bond donors (Lipinski definition) is 0. The van der Waals surface area contributed by atoms with Crippen LogP contribution in [0.1, 0.15) is 11.1 Å². The van der Waals surface area contributed by atoms with Crippen molar-refractivity contribution < 1.29 is 14.3 Å². The van der Waals surface area contributed by atoms with Gasteiger partial charge in [-0.05, 0) is 68.3 Å². The normalized spacial score (nSPS) is 14.4. The number of ether oxygens (including phenoxy) is 1. The first-order valence-electron chi connectivity index (χ1n) is 9.57. The van der Waals surface area contributed by atoms with Gasteiger partial charge in [0.05, 0.1) is 4.47 Å². The number of thiocarbonyl (C=S) groups is 1. The number of halogens is 1. The van der Waals surface area contributed by atoms with Crippen molar-refractivity contribution in [1.29, 1.82) is 0 Å². The van der Waals surface area contributed by atoms with Crippen LogP contribution < -0.4 is 4.74 Å². The predicted molar refractivity (Wildman–Crippen MR) is 129 cm³/mol. The molecular weight excluding hydrogens is 476 g/mol. The maximum Gasteiger partial charge on any atom is 0.265 e. The second kappa shape index (κ2) is 8.61. The van der Waals surface area contributed by atoms with Gasteiger partial charge in [-0.15, -0.1) is 0 Å². The summed E-state index contributed by atoms with van der Waals surface area (Å²) in [4.78, 5) is 27.6. The molecule has 0 radical (unpaired) electrons. The summed E-state index contributed by atoms with van der Waals surface area (Å²) in [6.45, 7) is 0.421. The molecule has 7 heteroatoms. The molecule has 4 rings (SSSR count). The van der Waals surface area contributed by atoms with Crippen LogP contribution in [0.4, 0.5) is 0 Å². The Labute approximate surface area is 194 Å². The lowest BCUT2D eigenvalue weighted by atomic mass is 10.1. The van der Waals surface area contributed by atoms with Crippen LogP contribution in [0.25, 0.3) is 16.8 Å². The first kappa shape index (κ1) is 21.2. The number of likely N-dealkylation sites (N-methyl/N-ethyl adjacent to an activating group) is 2. The smallest absolute Gasteiger partial charge is 0.265 e. The van der Waals surface area contributed by atoms with Crippen LogP contribution in [0.2, 0.25) is 0 Å². The summed E-state index contributed by atoms with van der Waals surface area (Å²) in [6.07, 6.45) is 1.57. The molecule has 0 N–H and O–H groups in total. The molecule has 0 aliphatic carbocycles. The molecule has 156 valence electrons. The molecule has 1 heterocycles. The highest BCUT2D eigenvalue weighted by Crippen LogP contribution is 2.29. The molecule has 0 unspecified atom stereocenters. The minimum atomic E-state index is -0.416. The fraction of sp³-hybridized carbons (Fsp3) is 0.125. The van der Waals surface area contributed by atoms with Gasteiger partial charge in [-0.25, -0.2) is 0 Å². The van der Waals surface area contributed by atoms with E-state index in [9.17, 15) is 9.59 Å². The summed E-state index contributed by atoms with van der Waals surface area (Å²) < 4.78 is 6.76. The number of amides is 2. The van der Waals surface area contributed by atoms with Crippen molar-refractivity contribution in [1.82, 2.24) is 9.80 Å². The number of fused-ring (bicyclic) bond motifs is 1. The summed E-state index contributed by atoms with van der Waals surface area (Å²) in [5.41, 5.74) is 1.86. The zero-order valence-corrected chi connectivity index (χ0v) is 19.4. The average molecular weight is 495 g/mol. The first-order valence-corrected chi connectivity index (χ1v) is 10.8. The number of carbonyl (C=O) groups excluding carboxylic acids is 2. The van der Waals surface area contributed by atoms with Crippen LogP contribution in [0.5, 0.6) is 5.75 Å². The Balaban J connectivity index is 1.56. The highest BCUT2D eigenvalue weighted by atomic mass is 79.9. The molecule has 1 fully saturated rings. The van der Waals surface area contributed by atoms with Crippen molar-refractivity contribution in [2.75, 3.05) is 14.1 Å². The Morgan fingerprint density at radius 1 is 0.968 bits per heavy atom. The zero-order chi connectivity index (χ0) is 22.1. The monoisotopic (exact) mass is 494 g/mol. The molecule has 0 bridgehead atoms. The van der Waals surface area contributed by atoms with Crippen molar-refractivity contribution in [3.8, 4) is 5.75 Å². The number of hydrogen-bond acceptors (Lipinski definition) is 4. The molecule has 0 atom stereocenters. The lowest BCUT2D eigenvalue weighted by Gasteiger charge is -2.31. The van der Waals surface area contributed by atoms with Crippen LogP contribution in [0.15, 0.2) is 70.7 Å². The van der Waals surface area contributed by atoms with E-state index in [-0.39, 0.29) is 10.7 Å². The van der Waals surface area contributed by atoms with Gasteiger partial charge in [0.15, 0.2) is 5.11 Å². The second-order valence-electron chi connectivity index (χ2n) is 7.19. The highest BCUT2D eigenvalue weighted by Gasteiger charge is 2.35. The van der Waals surface area contributed by atoms with Crippen LogP contribution in [-0.2, 0) is 16.2 Å². The van der Waals surface area contributed by atoms with E-state index < -0.39 is 11.8 Å². The van der Waals surface area contributed by atoms with Crippen LogP contribution in [-0.4, -0.2) is 40.8 Å². The van der Waals surface area contributed by atoms with E-state index in [0.29, 0.717) is 17.9 Å². The number of carbonyl (C=O) groups is 2. The van der Waals surface area contributed by atoms with E-state index in [0.717, 1.165) is 15.4 Å². The van der Waals surface area contributed by atoms with Crippen molar-refractivity contribution in [3.05, 3.63) is 81.8 Å². The summed E-state index contributed by atoms with van der Waals surface area (Å²) in [5, 5.41) is 2.51. The van der Waals surface area contributed by atoms with Gasteiger partial charge in [0.2, 0.25) is 0 Å². The quantitative estimate of drug-likeness (QED) is 0.297. The largest absolute Gasteiger partial charge is 0.488 e. The Morgan fingerprint density at radius 2 is 1.65 bits per heavy atom. The Morgan fingerprint density at radius 3 is 2.35 bits per heavy atom. The van der Waals surface area contributed by atoms with Gasteiger partial charge in [0.1, 0.15) is 17.9 Å². The third-order valence-electron chi connectivity index (χ3n) is 5.17. The fourth-order valence-corrected chi connectivity index (χ4v) is 4.12. The minimum absolute atomic E-state index is 0.0647. The molecule has 2 amide bonds. The molecule has 0 saturated carbocycles. The second-order valence-corrected chi connectivity index (χ2v) is 8.41. The van der Waals surface area contributed by atoms with E-state index in [1.165, 1.54) is 15.2 Å². The van der Waals surface area contributed by atoms with Crippen LogP contribution in [0, 0.1) is 0 Å². The molecule has 5 nitrogen and oxygen atoms in total. The van der Waals surface area contributed by atoms with E-state index in [4.69, 9.17) is 17.0 Å². The summed E-state index contributed by atoms with van der Waals surface area (Å²) >= 11 is 8.65. The number of benzene rings is 3. The Bertz CT molecular complexity index is 1220. The summed E-state index contributed by atoms with van der Waals surface area (Å²) in [7, 11) is 3.11. The van der Waals surface area contributed by atoms with Gasteiger partial charge in [-0.1, -0.05) is 48.5 Å². The predicted octanol–water partition coefficient (Wildman–Crippen LogP) is 4.78. The SMILES string of the molecule is CN1C(=O)C(=Cc2ccc(OCc3cccc4ccccc34)c(Br)c2)C(=O)N(C)C1=S. The molecule has 3 aromatic rings. The van der Waals surface area contributed by atoms with Gasteiger partial charge in [0.25, 0.3) is 11.8 Å². The van der Waals surface area contributed by atoms with Crippen LogP contribution >= 0.6 is 28.1 Å². The fourth-order valence-electron chi connectivity index (χ4n) is 3.44. The topological polar surface area (TPSA) is 49.9 Å². The molecule has 1 aliphatic rings. The van der Waals surface area contributed by atoms with Gasteiger partial charge in [0, 0.05) is 14.1 Å². The highest BCUT2D eigenvalue weighted by molar-refractivity contribution is 9.10. The van der Waals surface area contributed by atoms with Gasteiger partial charge < -0.3 is 4.74 Å². The lowest BCUT2D eigenvalue weighted by Crippen LogP contribution is -2.52. The first-order chi connectivity index (χ1) is 14.9. The average Bonchev–Trinajstić information content (AvgIpc) is 2.78. The molecule has 0 spiro atoms. The standard InChI is InChI=1S/C24H19BrN2O3S/c1-26-22(28)19(23(29)27(2)24(26)31)12-15-10-11-21(20(25)13-15)30-14-17-8-5-7-16-6-3-4-9-18(16)17/h3-13H,14H2,1-2H3. The van der Waals surface area contributed by atoms with Crippen molar-refractivity contribution in [2.45, 2.75) is 6.61 Å². The Hall–Kier alpha value is -3.03. The minimum Gasteiger partial charge on any atom is -0.488 e. The van der Waals surface area contributed by atoms with E-state index in [1.54, 1.807) is 20.2 Å². The van der Waals surface area contributed by atoms with Gasteiger partial charge in [-0.3, -0.25) is 19.4 Å². The van der Waals surface area contributed by atoms with Gasteiger partial charge in [-0.2, -0.15) is 0 Å². The summed E-state index contributed by atoms with van der Waals surface area (Å²) in [6, 6.07) is 19.8. The van der Waals surface area contributed by atoms with Crippen molar-refractivity contribution >= 4 is 61.9 Å². The zero-order valence-electron chi connectivity index (χ0n) is 17.0. The number of rotatable bonds is 4. The van der Waals surface area contributed by atoms with Gasteiger partial charge >= 0.3 is 0 Å². The number of nitrogens with zero attached hydrogens (tertiary/aromatic N) is 2. The molecule has 0 aromatic heterocycles. The Kier molecular flexibility index (Phi) is 5.89. The van der Waals surface area contributed by atoms with E-state index in [1.807, 2.05) is 42.5 Å². The molecule has 1 aliphatic heterocycles. The van der Waals surface area contributed by atoms with E-state index >= 15 is 0 Å². The molecule has 3 aromatic carbocycles. The third-order valence-corrected chi connectivity index (χ3v) is 6.34. The molecule has 1 saturated heterocycles. The van der Waals surface area contributed by atoms with Crippen molar-refractivity contribution in [3.63, 3.8) is 0 Å². The summed E-state index contributed by atoms with van der Waals surface area (Å²) in [5.74, 6) is -0.159. The van der Waals surface area contributed by atoms with E-state index in [2.05, 4.69) is 34.1 Å². The lowest BCUT2D eigenvalue weighted by molar-refractivity contribution is -0.132. The maximum atomic E-state index is 12.5. The molecular formula is C24H19BrN2O3S. The molecule has 31 heavy (non-hydrogen) atoms.